The first-order valence-corrected chi connectivity index (χ1v) is 7.90. The Morgan fingerprint density at radius 2 is 2.12 bits per heavy atom. The molecule has 2 heterocycles. The highest BCUT2D eigenvalue weighted by atomic mass is 35.5. The minimum Gasteiger partial charge on any atom is -0.491 e. The van der Waals surface area contributed by atoms with Crippen molar-refractivity contribution in [3.8, 4) is 17.2 Å². The molecule has 128 valence electrons. The van der Waals surface area contributed by atoms with Gasteiger partial charge in [0.05, 0.1) is 18.2 Å². The Morgan fingerprint density at radius 3 is 2.83 bits per heavy atom. The molecule has 0 bridgehead atoms. The van der Waals surface area contributed by atoms with E-state index in [0.29, 0.717) is 55.8 Å². The van der Waals surface area contributed by atoms with Gasteiger partial charge in [-0.05, 0) is 18.2 Å². The molecule has 2 N–H and O–H groups in total. The Hall–Kier alpha value is -2.16. The zero-order chi connectivity index (χ0) is 16.9. The van der Waals surface area contributed by atoms with E-state index < -0.39 is 0 Å². The van der Waals surface area contributed by atoms with E-state index >= 15 is 0 Å². The van der Waals surface area contributed by atoms with E-state index in [1.165, 1.54) is 0 Å². The standard InChI is InChI=1S/C15H17ClN4O4/c16-11-9-10(1-2-12(11)23-6-3-17)13-18-19-14(24-13)15(21)20-4-7-22-8-5-20/h1-2,9H,3-8,17H2. The number of rotatable bonds is 5. The van der Waals surface area contributed by atoms with E-state index in [9.17, 15) is 4.79 Å². The van der Waals surface area contributed by atoms with Crippen molar-refractivity contribution in [1.29, 1.82) is 0 Å². The fraction of sp³-hybridized carbons (Fsp3) is 0.400. The minimum absolute atomic E-state index is 0.0496. The SMILES string of the molecule is NCCOc1ccc(-c2nnc(C(=O)N3CCOCC3)o2)cc1Cl. The van der Waals surface area contributed by atoms with E-state index in [1.807, 2.05) is 0 Å². The molecule has 1 aliphatic rings. The number of aromatic nitrogens is 2. The van der Waals surface area contributed by atoms with Crippen molar-refractivity contribution < 1.29 is 18.7 Å². The van der Waals surface area contributed by atoms with Crippen LogP contribution >= 0.6 is 11.6 Å². The van der Waals surface area contributed by atoms with Crippen molar-refractivity contribution in [2.24, 2.45) is 5.73 Å². The first-order chi connectivity index (χ1) is 11.7. The van der Waals surface area contributed by atoms with Gasteiger partial charge >= 0.3 is 11.8 Å². The summed E-state index contributed by atoms with van der Waals surface area (Å²) in [4.78, 5) is 13.9. The lowest BCUT2D eigenvalue weighted by Gasteiger charge is -2.25. The number of ether oxygens (including phenoxy) is 2. The van der Waals surface area contributed by atoms with Gasteiger partial charge in [-0.25, -0.2) is 0 Å². The molecule has 1 amide bonds. The van der Waals surface area contributed by atoms with E-state index in [0.717, 1.165) is 0 Å². The van der Waals surface area contributed by atoms with Crippen molar-refractivity contribution in [3.63, 3.8) is 0 Å². The molecule has 1 fully saturated rings. The third kappa shape index (κ3) is 3.66. The summed E-state index contributed by atoms with van der Waals surface area (Å²) in [6.45, 7) is 2.80. The second-order valence-corrected chi connectivity index (χ2v) is 5.51. The molecule has 9 heteroatoms. The molecule has 3 rings (SSSR count). The summed E-state index contributed by atoms with van der Waals surface area (Å²) in [5.41, 5.74) is 6.00. The number of amides is 1. The maximum Gasteiger partial charge on any atom is 0.311 e. The predicted molar refractivity (Wildman–Crippen MR) is 86.0 cm³/mol. The molecule has 0 atom stereocenters. The fourth-order valence-electron chi connectivity index (χ4n) is 2.25. The van der Waals surface area contributed by atoms with E-state index in [-0.39, 0.29) is 17.7 Å². The Kier molecular flexibility index (Phi) is 5.29. The summed E-state index contributed by atoms with van der Waals surface area (Å²) in [6.07, 6.45) is 0. The highest BCUT2D eigenvalue weighted by molar-refractivity contribution is 6.32. The fourth-order valence-corrected chi connectivity index (χ4v) is 2.48. The first kappa shape index (κ1) is 16.7. The topological polar surface area (TPSA) is 104 Å². The van der Waals surface area contributed by atoms with Crippen molar-refractivity contribution >= 4 is 17.5 Å². The van der Waals surface area contributed by atoms with Crippen molar-refractivity contribution in [2.45, 2.75) is 0 Å². The van der Waals surface area contributed by atoms with Gasteiger partial charge in [-0.1, -0.05) is 11.6 Å². The zero-order valence-corrected chi connectivity index (χ0v) is 13.7. The van der Waals surface area contributed by atoms with Crippen LogP contribution in [0.15, 0.2) is 22.6 Å². The van der Waals surface area contributed by atoms with Crippen LogP contribution in [0.1, 0.15) is 10.7 Å². The van der Waals surface area contributed by atoms with Gasteiger partial charge < -0.3 is 24.5 Å². The van der Waals surface area contributed by atoms with Gasteiger partial charge in [-0.2, -0.15) is 0 Å². The zero-order valence-electron chi connectivity index (χ0n) is 12.9. The van der Waals surface area contributed by atoms with Crippen molar-refractivity contribution in [3.05, 3.63) is 29.1 Å². The van der Waals surface area contributed by atoms with Gasteiger partial charge in [-0.15, -0.1) is 10.2 Å². The third-order valence-corrected chi connectivity index (χ3v) is 3.76. The van der Waals surface area contributed by atoms with Gasteiger partial charge in [0.1, 0.15) is 12.4 Å². The van der Waals surface area contributed by atoms with Crippen LogP contribution < -0.4 is 10.5 Å². The normalized spacial score (nSPS) is 14.7. The van der Waals surface area contributed by atoms with Gasteiger partial charge in [-0.3, -0.25) is 4.79 Å². The van der Waals surface area contributed by atoms with E-state index in [1.54, 1.807) is 23.1 Å². The molecule has 0 saturated carbocycles. The molecule has 1 aliphatic heterocycles. The Morgan fingerprint density at radius 1 is 1.33 bits per heavy atom. The smallest absolute Gasteiger partial charge is 0.311 e. The maximum atomic E-state index is 12.3. The highest BCUT2D eigenvalue weighted by Crippen LogP contribution is 2.30. The van der Waals surface area contributed by atoms with Gasteiger partial charge in [0, 0.05) is 25.2 Å². The van der Waals surface area contributed by atoms with Crippen LogP contribution in [0.5, 0.6) is 5.75 Å². The largest absolute Gasteiger partial charge is 0.491 e. The van der Waals surface area contributed by atoms with Gasteiger partial charge in [0.15, 0.2) is 0 Å². The molecular formula is C15H17ClN4O4. The third-order valence-electron chi connectivity index (χ3n) is 3.46. The lowest BCUT2D eigenvalue weighted by atomic mass is 10.2. The number of carbonyl (C=O) groups is 1. The average Bonchev–Trinajstić information content (AvgIpc) is 3.11. The van der Waals surface area contributed by atoms with Crippen LogP contribution in [0.3, 0.4) is 0 Å². The minimum atomic E-state index is -0.300. The van der Waals surface area contributed by atoms with Gasteiger partial charge in [0.2, 0.25) is 5.89 Å². The summed E-state index contributed by atoms with van der Waals surface area (Å²) in [5, 5.41) is 8.15. The molecule has 0 unspecified atom stereocenters. The van der Waals surface area contributed by atoms with Crippen LogP contribution in [0.2, 0.25) is 5.02 Å². The maximum absolute atomic E-state index is 12.3. The molecule has 1 saturated heterocycles. The quantitative estimate of drug-likeness (QED) is 0.862. The monoisotopic (exact) mass is 352 g/mol. The van der Waals surface area contributed by atoms with Crippen LogP contribution in [0.25, 0.3) is 11.5 Å². The summed E-state index contributed by atoms with van der Waals surface area (Å²) in [7, 11) is 0. The van der Waals surface area contributed by atoms with Crippen LogP contribution in [-0.2, 0) is 4.74 Å². The number of hydrogen-bond donors (Lipinski definition) is 1. The molecule has 0 radical (unpaired) electrons. The van der Waals surface area contributed by atoms with Crippen LogP contribution in [0.4, 0.5) is 0 Å². The molecule has 1 aromatic carbocycles. The van der Waals surface area contributed by atoms with Gasteiger partial charge in [0.25, 0.3) is 0 Å². The average molecular weight is 353 g/mol. The number of morpholine rings is 1. The van der Waals surface area contributed by atoms with Crippen molar-refractivity contribution in [1.82, 2.24) is 15.1 Å². The molecule has 0 aliphatic carbocycles. The summed E-state index contributed by atoms with van der Waals surface area (Å²) in [6, 6.07) is 5.07. The number of nitrogens with zero attached hydrogens (tertiary/aromatic N) is 3. The second-order valence-electron chi connectivity index (χ2n) is 5.10. The summed E-state index contributed by atoms with van der Waals surface area (Å²) < 4.78 is 16.1. The number of halogens is 1. The molecule has 1 aromatic heterocycles. The molecule has 2 aromatic rings. The lowest BCUT2D eigenvalue weighted by molar-refractivity contribution is 0.0278. The molecule has 0 spiro atoms. The van der Waals surface area contributed by atoms with E-state index in [2.05, 4.69) is 10.2 Å². The lowest BCUT2D eigenvalue weighted by Crippen LogP contribution is -2.40. The molecule has 24 heavy (non-hydrogen) atoms. The molecular weight excluding hydrogens is 336 g/mol. The van der Waals surface area contributed by atoms with Crippen LogP contribution in [0, 0.1) is 0 Å². The summed E-state index contributed by atoms with van der Waals surface area (Å²) in [5.74, 6) is 0.395. The second kappa shape index (κ2) is 7.61. The summed E-state index contributed by atoms with van der Waals surface area (Å²) >= 11 is 6.16. The highest BCUT2D eigenvalue weighted by Gasteiger charge is 2.24. The number of carbonyl (C=O) groups excluding carboxylic acids is 1. The predicted octanol–water partition coefficient (Wildman–Crippen LogP) is 1.20. The molecule has 8 nitrogen and oxygen atoms in total. The number of nitrogens with two attached hydrogens (primary N) is 1. The van der Waals surface area contributed by atoms with E-state index in [4.69, 9.17) is 31.2 Å². The first-order valence-electron chi connectivity index (χ1n) is 7.52. The Bertz CT molecular complexity index is 715. The number of hydrogen-bond acceptors (Lipinski definition) is 7. The number of benzene rings is 1. The van der Waals surface area contributed by atoms with Crippen LogP contribution in [-0.4, -0.2) is 60.5 Å². The Balaban J connectivity index is 1.75. The Labute approximate surface area is 143 Å². The van der Waals surface area contributed by atoms with Crippen molar-refractivity contribution in [2.75, 3.05) is 39.5 Å².